The molecule has 0 saturated heterocycles. The normalized spacial score (nSPS) is 13.5. The smallest absolute Gasteiger partial charge is 0.341 e. The van der Waals surface area contributed by atoms with Crippen molar-refractivity contribution in [2.75, 3.05) is 11.9 Å². The summed E-state index contributed by atoms with van der Waals surface area (Å²) >= 11 is 4.84. The van der Waals surface area contributed by atoms with Crippen LogP contribution in [0.4, 0.5) is 5.00 Å². The van der Waals surface area contributed by atoms with E-state index in [0.29, 0.717) is 21.5 Å². The number of carbonyl (C=O) groups is 2. The Balaban J connectivity index is 1.73. The number of esters is 1. The minimum absolute atomic E-state index is 0.110. The van der Waals surface area contributed by atoms with E-state index in [9.17, 15) is 9.59 Å². The minimum Gasteiger partial charge on any atom is -0.462 e. The van der Waals surface area contributed by atoms with Crippen LogP contribution in [0.15, 0.2) is 33.2 Å². The molecule has 2 N–H and O–H groups in total. The summed E-state index contributed by atoms with van der Waals surface area (Å²) in [5.41, 5.74) is 1.86. The van der Waals surface area contributed by atoms with Crippen LogP contribution in [0.3, 0.4) is 0 Å². The summed E-state index contributed by atoms with van der Waals surface area (Å²) in [4.78, 5) is 26.8. The van der Waals surface area contributed by atoms with E-state index in [-0.39, 0.29) is 17.7 Å². The second-order valence-electron chi connectivity index (χ2n) is 7.11. The number of hydrogen-bond donors (Lipinski definition) is 2. The number of carbonyl (C=O) groups excluding carboxylic acids is 2. The zero-order valence-electron chi connectivity index (χ0n) is 16.5. The summed E-state index contributed by atoms with van der Waals surface area (Å²) in [5.74, 6) is -0.891. The van der Waals surface area contributed by atoms with Gasteiger partial charge in [-0.3, -0.25) is 10.2 Å². The number of thiophene rings is 1. The second kappa shape index (κ2) is 8.73. The van der Waals surface area contributed by atoms with Gasteiger partial charge < -0.3 is 14.5 Å². The van der Waals surface area contributed by atoms with Crippen LogP contribution in [0.25, 0.3) is 11.0 Å². The lowest BCUT2D eigenvalue weighted by atomic mass is 10.1. The van der Waals surface area contributed by atoms with Crippen LogP contribution in [0.2, 0.25) is 0 Å². The van der Waals surface area contributed by atoms with Crippen LogP contribution >= 0.6 is 27.3 Å². The van der Waals surface area contributed by atoms with Gasteiger partial charge in [0.25, 0.3) is 5.91 Å². The zero-order chi connectivity index (χ0) is 21.3. The number of rotatable bonds is 4. The topological polar surface area (TPSA) is 92.4 Å². The first-order valence-corrected chi connectivity index (χ1v) is 11.5. The third kappa shape index (κ3) is 4.06. The molecule has 6 nitrogen and oxygen atoms in total. The Morgan fingerprint density at radius 3 is 2.83 bits per heavy atom. The van der Waals surface area contributed by atoms with E-state index < -0.39 is 11.9 Å². The molecule has 1 aromatic carbocycles. The zero-order valence-corrected chi connectivity index (χ0v) is 18.9. The van der Waals surface area contributed by atoms with Gasteiger partial charge in [0.15, 0.2) is 0 Å². The van der Waals surface area contributed by atoms with E-state index in [1.54, 1.807) is 19.1 Å². The molecule has 2 aromatic heterocycles. The molecule has 1 amide bonds. The Bertz CT molecular complexity index is 1200. The van der Waals surface area contributed by atoms with Crippen molar-refractivity contribution >= 4 is 55.1 Å². The van der Waals surface area contributed by atoms with Gasteiger partial charge in [-0.2, -0.15) is 0 Å². The number of fused-ring (bicyclic) bond motifs is 2. The molecule has 3 aromatic rings. The lowest BCUT2D eigenvalue weighted by Crippen LogP contribution is -2.21. The van der Waals surface area contributed by atoms with Gasteiger partial charge in [0.2, 0.25) is 5.55 Å². The predicted molar refractivity (Wildman–Crippen MR) is 119 cm³/mol. The molecule has 0 bridgehead atoms. The van der Waals surface area contributed by atoms with Gasteiger partial charge in [-0.1, -0.05) is 22.4 Å². The van der Waals surface area contributed by atoms with Crippen molar-refractivity contribution in [3.63, 3.8) is 0 Å². The standard InChI is InChI=1S/C22H21BrN2O4S/c1-2-28-22(27)18-14-6-4-3-5-7-17(14)30-21(18)25-20(26)15-11-12-10-13(23)8-9-16(12)29-19(15)24/h8-11,24H,2-7H2,1H3,(H,25,26). The molecule has 8 heteroatoms. The van der Waals surface area contributed by atoms with Gasteiger partial charge in [-0.25, -0.2) is 4.79 Å². The molecule has 1 aliphatic carbocycles. The van der Waals surface area contributed by atoms with Crippen molar-refractivity contribution in [2.45, 2.75) is 39.0 Å². The largest absolute Gasteiger partial charge is 0.462 e. The number of benzene rings is 1. The molecule has 156 valence electrons. The highest BCUT2D eigenvalue weighted by molar-refractivity contribution is 9.10. The summed E-state index contributed by atoms with van der Waals surface area (Å²) in [6, 6.07) is 7.01. The van der Waals surface area contributed by atoms with E-state index in [4.69, 9.17) is 14.6 Å². The number of anilines is 1. The summed E-state index contributed by atoms with van der Waals surface area (Å²) in [6.07, 6.45) is 4.91. The Labute approximate surface area is 185 Å². The van der Waals surface area contributed by atoms with Crippen molar-refractivity contribution in [1.82, 2.24) is 0 Å². The van der Waals surface area contributed by atoms with E-state index in [2.05, 4.69) is 21.2 Å². The number of halogens is 1. The molecule has 0 aliphatic heterocycles. The number of ether oxygens (including phenoxy) is 1. The van der Waals surface area contributed by atoms with Gasteiger partial charge in [0.05, 0.1) is 12.2 Å². The molecule has 0 radical (unpaired) electrons. The quantitative estimate of drug-likeness (QED) is 0.378. The predicted octanol–water partition coefficient (Wildman–Crippen LogP) is 5.43. The third-order valence-corrected chi connectivity index (χ3v) is 6.80. The molecule has 4 rings (SSSR count). The van der Waals surface area contributed by atoms with Crippen molar-refractivity contribution in [2.24, 2.45) is 0 Å². The molecular formula is C22H21BrN2O4S. The van der Waals surface area contributed by atoms with Gasteiger partial charge in [-0.05, 0) is 62.4 Å². The van der Waals surface area contributed by atoms with Gasteiger partial charge in [0.1, 0.15) is 16.1 Å². The molecule has 0 fully saturated rings. The third-order valence-electron chi connectivity index (χ3n) is 5.10. The Morgan fingerprint density at radius 1 is 1.23 bits per heavy atom. The molecule has 1 aliphatic rings. The van der Waals surface area contributed by atoms with Crippen molar-refractivity contribution in [3.8, 4) is 0 Å². The van der Waals surface area contributed by atoms with Crippen molar-refractivity contribution < 1.29 is 18.7 Å². The molecule has 0 saturated carbocycles. The number of aryl methyl sites for hydroxylation is 1. The molecular weight excluding hydrogens is 468 g/mol. The SMILES string of the molecule is CCOC(=O)c1c(NC(=O)c2cc3cc(Br)ccc3oc2=N)sc2c1CCCCC2. The maximum Gasteiger partial charge on any atom is 0.341 e. The number of hydrogen-bond acceptors (Lipinski definition) is 6. The summed E-state index contributed by atoms with van der Waals surface area (Å²) in [6.45, 7) is 2.04. The highest BCUT2D eigenvalue weighted by Gasteiger charge is 2.27. The van der Waals surface area contributed by atoms with Gasteiger partial charge in [-0.15, -0.1) is 11.3 Å². The van der Waals surface area contributed by atoms with Crippen LogP contribution in [0.1, 0.15) is 57.3 Å². The summed E-state index contributed by atoms with van der Waals surface area (Å²) in [5, 5.41) is 12.2. The van der Waals surface area contributed by atoms with Crippen molar-refractivity contribution in [3.05, 3.63) is 55.9 Å². The molecule has 2 heterocycles. The first-order chi connectivity index (χ1) is 14.5. The monoisotopic (exact) mass is 488 g/mol. The molecule has 0 unspecified atom stereocenters. The van der Waals surface area contributed by atoms with Crippen molar-refractivity contribution in [1.29, 1.82) is 5.41 Å². The van der Waals surface area contributed by atoms with E-state index in [0.717, 1.165) is 47.0 Å². The first kappa shape index (κ1) is 20.8. The van der Waals surface area contributed by atoms with E-state index >= 15 is 0 Å². The van der Waals surface area contributed by atoms with Crippen LogP contribution in [-0.2, 0) is 17.6 Å². The van der Waals surface area contributed by atoms with Crippen LogP contribution in [0, 0.1) is 5.41 Å². The minimum atomic E-state index is -0.479. The maximum atomic E-state index is 13.0. The lowest BCUT2D eigenvalue weighted by molar-refractivity contribution is 0.0527. The first-order valence-electron chi connectivity index (χ1n) is 9.89. The molecule has 0 spiro atoms. The average Bonchev–Trinajstić information content (AvgIpc) is 2.88. The van der Waals surface area contributed by atoms with Crippen LogP contribution in [-0.4, -0.2) is 18.5 Å². The molecule has 0 atom stereocenters. The fourth-order valence-electron chi connectivity index (χ4n) is 3.70. The van der Waals surface area contributed by atoms with Gasteiger partial charge >= 0.3 is 5.97 Å². The van der Waals surface area contributed by atoms with Gasteiger partial charge in [0, 0.05) is 14.7 Å². The Hall–Kier alpha value is -2.45. The fraction of sp³-hybridized carbons (Fsp3) is 0.318. The maximum absolute atomic E-state index is 13.0. The summed E-state index contributed by atoms with van der Waals surface area (Å²) in [7, 11) is 0. The van der Waals surface area contributed by atoms with Crippen LogP contribution in [0.5, 0.6) is 0 Å². The average molecular weight is 489 g/mol. The lowest BCUT2D eigenvalue weighted by Gasteiger charge is -2.09. The summed E-state index contributed by atoms with van der Waals surface area (Å²) < 4.78 is 11.6. The highest BCUT2D eigenvalue weighted by Crippen LogP contribution is 2.38. The highest BCUT2D eigenvalue weighted by atomic mass is 79.9. The molecule has 30 heavy (non-hydrogen) atoms. The number of nitrogens with one attached hydrogen (secondary N) is 2. The van der Waals surface area contributed by atoms with E-state index in [1.165, 1.54) is 11.3 Å². The number of amides is 1. The van der Waals surface area contributed by atoms with Crippen LogP contribution < -0.4 is 10.9 Å². The second-order valence-corrected chi connectivity index (χ2v) is 9.14. The Kier molecular flexibility index (Phi) is 6.06. The van der Waals surface area contributed by atoms with E-state index in [1.807, 2.05) is 12.1 Å². The fourth-order valence-corrected chi connectivity index (χ4v) is 5.35. The Morgan fingerprint density at radius 2 is 2.03 bits per heavy atom.